The molecule has 0 heterocycles. The average molecular weight is 319 g/mol. The van der Waals surface area contributed by atoms with Gasteiger partial charge in [-0.25, -0.2) is 4.39 Å². The number of anilines is 1. The van der Waals surface area contributed by atoms with Gasteiger partial charge in [0.15, 0.2) is 0 Å². The minimum absolute atomic E-state index is 0.291. The molecule has 0 aliphatic heterocycles. The van der Waals surface area contributed by atoms with Crippen LogP contribution in [0, 0.1) is 24.1 Å². The van der Waals surface area contributed by atoms with Crippen LogP contribution in [0.5, 0.6) is 0 Å². The van der Waals surface area contributed by atoms with Crippen LogP contribution >= 0.6 is 15.9 Å². The molecule has 96 valence electrons. The van der Waals surface area contributed by atoms with Crippen LogP contribution in [0.25, 0.3) is 0 Å². The van der Waals surface area contributed by atoms with Crippen LogP contribution in [0.3, 0.4) is 0 Å². The van der Waals surface area contributed by atoms with Gasteiger partial charge in [-0.1, -0.05) is 22.0 Å². The highest BCUT2D eigenvalue weighted by atomic mass is 79.9. The van der Waals surface area contributed by atoms with Gasteiger partial charge < -0.3 is 5.32 Å². The Hall–Kier alpha value is -1.86. The summed E-state index contributed by atoms with van der Waals surface area (Å²) in [6.45, 7) is 2.46. The number of nitriles is 1. The van der Waals surface area contributed by atoms with E-state index in [4.69, 9.17) is 5.26 Å². The lowest BCUT2D eigenvalue weighted by atomic mass is 10.1. The number of nitrogens with zero attached hydrogens (tertiary/aromatic N) is 1. The van der Waals surface area contributed by atoms with Gasteiger partial charge in [-0.3, -0.25) is 0 Å². The maximum absolute atomic E-state index is 13.6. The molecule has 0 radical (unpaired) electrons. The summed E-state index contributed by atoms with van der Waals surface area (Å²) >= 11 is 3.22. The van der Waals surface area contributed by atoms with Gasteiger partial charge in [0.25, 0.3) is 0 Å². The van der Waals surface area contributed by atoms with Crippen LogP contribution in [0.1, 0.15) is 16.7 Å². The molecule has 2 nitrogen and oxygen atoms in total. The first-order chi connectivity index (χ1) is 9.10. The Morgan fingerprint density at radius 2 is 2.05 bits per heavy atom. The minimum Gasteiger partial charge on any atom is -0.379 e. The molecule has 2 rings (SSSR count). The Morgan fingerprint density at radius 3 is 2.68 bits per heavy atom. The second-order valence-corrected chi connectivity index (χ2v) is 5.15. The normalized spacial score (nSPS) is 10.0. The van der Waals surface area contributed by atoms with E-state index in [1.54, 1.807) is 18.2 Å². The standard InChI is InChI=1S/C15H12BrFN2/c1-10-6-11(8-18)2-3-12(10)9-19-15-5-4-13(16)7-14(15)17/h2-7,19H,9H2,1H3. The monoisotopic (exact) mass is 318 g/mol. The summed E-state index contributed by atoms with van der Waals surface area (Å²) in [7, 11) is 0. The summed E-state index contributed by atoms with van der Waals surface area (Å²) in [5.74, 6) is -0.291. The molecule has 2 aromatic carbocycles. The van der Waals surface area contributed by atoms with Crippen molar-refractivity contribution in [2.24, 2.45) is 0 Å². The van der Waals surface area contributed by atoms with E-state index < -0.39 is 0 Å². The van der Waals surface area contributed by atoms with Crippen molar-refractivity contribution < 1.29 is 4.39 Å². The Balaban J connectivity index is 2.13. The average Bonchev–Trinajstić information content (AvgIpc) is 2.39. The lowest BCUT2D eigenvalue weighted by molar-refractivity contribution is 0.629. The van der Waals surface area contributed by atoms with E-state index in [1.165, 1.54) is 6.07 Å². The fourth-order valence-corrected chi connectivity index (χ4v) is 2.12. The molecule has 0 saturated carbocycles. The molecule has 0 atom stereocenters. The second-order valence-electron chi connectivity index (χ2n) is 4.23. The summed E-state index contributed by atoms with van der Waals surface area (Å²) < 4.78 is 14.3. The van der Waals surface area contributed by atoms with Crippen LogP contribution in [-0.4, -0.2) is 0 Å². The van der Waals surface area contributed by atoms with Crippen molar-refractivity contribution >= 4 is 21.6 Å². The molecule has 0 fully saturated rings. The number of hydrogen-bond donors (Lipinski definition) is 1. The van der Waals surface area contributed by atoms with Gasteiger partial charge in [0, 0.05) is 11.0 Å². The third-order valence-electron chi connectivity index (χ3n) is 2.87. The van der Waals surface area contributed by atoms with Crippen molar-refractivity contribution in [2.75, 3.05) is 5.32 Å². The second kappa shape index (κ2) is 5.85. The molecule has 0 aromatic heterocycles. The maximum Gasteiger partial charge on any atom is 0.147 e. The summed E-state index contributed by atoms with van der Waals surface area (Å²) in [5, 5.41) is 11.9. The third kappa shape index (κ3) is 3.33. The number of benzene rings is 2. The molecule has 0 aliphatic carbocycles. The first-order valence-electron chi connectivity index (χ1n) is 5.78. The predicted molar refractivity (Wildman–Crippen MR) is 77.3 cm³/mol. The topological polar surface area (TPSA) is 35.8 Å². The zero-order chi connectivity index (χ0) is 13.8. The Labute approximate surface area is 120 Å². The first-order valence-corrected chi connectivity index (χ1v) is 6.58. The van der Waals surface area contributed by atoms with E-state index in [9.17, 15) is 4.39 Å². The summed E-state index contributed by atoms with van der Waals surface area (Å²) in [4.78, 5) is 0. The molecule has 0 unspecified atom stereocenters. The molecule has 0 spiro atoms. The fourth-order valence-electron chi connectivity index (χ4n) is 1.79. The summed E-state index contributed by atoms with van der Waals surface area (Å²) in [6, 6.07) is 12.5. The molecule has 0 saturated heterocycles. The highest BCUT2D eigenvalue weighted by Gasteiger charge is 2.04. The largest absolute Gasteiger partial charge is 0.379 e. The van der Waals surface area contributed by atoms with Gasteiger partial charge >= 0.3 is 0 Å². The molecule has 0 amide bonds. The zero-order valence-electron chi connectivity index (χ0n) is 10.4. The smallest absolute Gasteiger partial charge is 0.147 e. The Morgan fingerprint density at radius 1 is 1.26 bits per heavy atom. The zero-order valence-corrected chi connectivity index (χ0v) is 12.0. The van der Waals surface area contributed by atoms with Gasteiger partial charge in [0.2, 0.25) is 0 Å². The van der Waals surface area contributed by atoms with Crippen molar-refractivity contribution in [1.82, 2.24) is 0 Å². The molecule has 1 N–H and O–H groups in total. The maximum atomic E-state index is 13.6. The number of hydrogen-bond acceptors (Lipinski definition) is 2. The number of rotatable bonds is 3. The van der Waals surface area contributed by atoms with Gasteiger partial charge in [-0.2, -0.15) is 5.26 Å². The van der Waals surface area contributed by atoms with Crippen molar-refractivity contribution in [2.45, 2.75) is 13.5 Å². The fraction of sp³-hybridized carbons (Fsp3) is 0.133. The molecule has 2 aromatic rings. The number of aryl methyl sites for hydroxylation is 1. The van der Waals surface area contributed by atoms with E-state index in [0.29, 0.717) is 22.3 Å². The first kappa shape index (κ1) is 13.6. The van der Waals surface area contributed by atoms with E-state index in [-0.39, 0.29) is 5.82 Å². The van der Waals surface area contributed by atoms with Gasteiger partial charge in [0.05, 0.1) is 17.3 Å². The lowest BCUT2D eigenvalue weighted by Gasteiger charge is -2.10. The lowest BCUT2D eigenvalue weighted by Crippen LogP contribution is -2.03. The van der Waals surface area contributed by atoms with Crippen molar-refractivity contribution in [1.29, 1.82) is 5.26 Å². The highest BCUT2D eigenvalue weighted by molar-refractivity contribution is 9.10. The van der Waals surface area contributed by atoms with Crippen LogP contribution in [-0.2, 0) is 6.54 Å². The van der Waals surface area contributed by atoms with E-state index in [2.05, 4.69) is 27.3 Å². The van der Waals surface area contributed by atoms with Crippen molar-refractivity contribution in [3.8, 4) is 6.07 Å². The summed E-state index contributed by atoms with van der Waals surface area (Å²) in [5.41, 5.74) is 3.16. The molecule has 19 heavy (non-hydrogen) atoms. The SMILES string of the molecule is Cc1cc(C#N)ccc1CNc1ccc(Br)cc1F. The van der Waals surface area contributed by atoms with Gasteiger partial charge in [0.1, 0.15) is 5.82 Å². The van der Waals surface area contributed by atoms with Crippen molar-refractivity contribution in [3.63, 3.8) is 0 Å². The number of halogens is 2. The van der Waals surface area contributed by atoms with Crippen LogP contribution in [0.4, 0.5) is 10.1 Å². The quantitative estimate of drug-likeness (QED) is 0.911. The molecule has 0 bridgehead atoms. The Kier molecular flexibility index (Phi) is 4.18. The van der Waals surface area contributed by atoms with Gasteiger partial charge in [-0.15, -0.1) is 0 Å². The summed E-state index contributed by atoms with van der Waals surface area (Å²) in [6.07, 6.45) is 0. The van der Waals surface area contributed by atoms with Gasteiger partial charge in [-0.05, 0) is 48.4 Å². The van der Waals surface area contributed by atoms with E-state index in [0.717, 1.165) is 11.1 Å². The molecule has 4 heteroatoms. The predicted octanol–water partition coefficient (Wildman–Crippen LogP) is 4.38. The Bertz CT molecular complexity index is 647. The molecule has 0 aliphatic rings. The third-order valence-corrected chi connectivity index (χ3v) is 3.37. The van der Waals surface area contributed by atoms with Crippen LogP contribution in [0.15, 0.2) is 40.9 Å². The molecular weight excluding hydrogens is 307 g/mol. The number of nitrogens with one attached hydrogen (secondary N) is 1. The van der Waals surface area contributed by atoms with E-state index in [1.807, 2.05) is 19.1 Å². The highest BCUT2D eigenvalue weighted by Crippen LogP contribution is 2.20. The van der Waals surface area contributed by atoms with Crippen molar-refractivity contribution in [3.05, 3.63) is 63.4 Å². The van der Waals surface area contributed by atoms with Crippen LogP contribution in [0.2, 0.25) is 0 Å². The van der Waals surface area contributed by atoms with E-state index >= 15 is 0 Å². The molecular formula is C15H12BrFN2. The van der Waals surface area contributed by atoms with Crippen LogP contribution < -0.4 is 5.32 Å². The minimum atomic E-state index is -0.291.